The van der Waals surface area contributed by atoms with Gasteiger partial charge in [0.25, 0.3) is 0 Å². The van der Waals surface area contributed by atoms with E-state index >= 15 is 0 Å². The molecule has 20 heavy (non-hydrogen) atoms. The zero-order chi connectivity index (χ0) is 15.0. The molecule has 0 unspecified atom stereocenters. The molecule has 1 rings (SSSR count). The van der Waals surface area contributed by atoms with E-state index in [-0.39, 0.29) is 6.42 Å². The molecule has 1 aromatic rings. The smallest absolute Gasteiger partial charge is 0.303 e. The fraction of sp³-hybridized carbons (Fsp3) is 0.389. The summed E-state index contributed by atoms with van der Waals surface area (Å²) in [6.45, 7) is 6.37. The van der Waals surface area contributed by atoms with Crippen LogP contribution in [0.2, 0.25) is 0 Å². The van der Waals surface area contributed by atoms with E-state index in [1.54, 1.807) is 0 Å². The Hall–Kier alpha value is -1.83. The van der Waals surface area contributed by atoms with E-state index < -0.39 is 5.97 Å². The van der Waals surface area contributed by atoms with Gasteiger partial charge in [-0.3, -0.25) is 4.79 Å². The zero-order valence-corrected chi connectivity index (χ0v) is 12.6. The molecule has 0 radical (unpaired) electrons. The van der Waals surface area contributed by atoms with Crippen molar-refractivity contribution in [1.29, 1.82) is 0 Å². The first-order valence-corrected chi connectivity index (χ1v) is 7.08. The molecule has 0 aromatic heterocycles. The van der Waals surface area contributed by atoms with Crippen molar-refractivity contribution in [3.8, 4) is 0 Å². The molecule has 1 N–H and O–H groups in total. The average Bonchev–Trinajstić information content (AvgIpc) is 2.36. The van der Waals surface area contributed by atoms with E-state index in [9.17, 15) is 4.79 Å². The number of aryl methyl sites for hydroxylation is 1. The van der Waals surface area contributed by atoms with E-state index in [4.69, 9.17) is 5.11 Å². The molecule has 2 heteroatoms. The minimum absolute atomic E-state index is 0.187. The highest BCUT2D eigenvalue weighted by atomic mass is 16.4. The van der Waals surface area contributed by atoms with Crippen molar-refractivity contribution in [1.82, 2.24) is 0 Å². The lowest BCUT2D eigenvalue weighted by Crippen LogP contribution is -1.97. The average molecular weight is 272 g/mol. The van der Waals surface area contributed by atoms with Crippen LogP contribution in [0.1, 0.15) is 51.2 Å². The largest absolute Gasteiger partial charge is 0.481 e. The summed E-state index contributed by atoms with van der Waals surface area (Å²) in [6.07, 6.45) is 7.35. The number of hydrogen-bond acceptors (Lipinski definition) is 1. The van der Waals surface area contributed by atoms with Crippen LogP contribution in [0.5, 0.6) is 0 Å². The summed E-state index contributed by atoms with van der Waals surface area (Å²) in [5.74, 6) is -0.746. The predicted octanol–water partition coefficient (Wildman–Crippen LogP) is 4.85. The van der Waals surface area contributed by atoms with Gasteiger partial charge < -0.3 is 5.11 Å². The van der Waals surface area contributed by atoms with Crippen LogP contribution in [0.25, 0.3) is 6.08 Å². The summed E-state index contributed by atoms with van der Waals surface area (Å²) < 4.78 is 0. The number of carboxylic acids is 1. The molecule has 0 heterocycles. The van der Waals surface area contributed by atoms with Crippen molar-refractivity contribution in [2.24, 2.45) is 0 Å². The van der Waals surface area contributed by atoms with Gasteiger partial charge in [0.1, 0.15) is 0 Å². The Kier molecular flexibility index (Phi) is 6.78. The van der Waals surface area contributed by atoms with Gasteiger partial charge in [0.2, 0.25) is 0 Å². The maximum Gasteiger partial charge on any atom is 0.303 e. The van der Waals surface area contributed by atoms with Crippen molar-refractivity contribution in [2.75, 3.05) is 0 Å². The van der Waals surface area contributed by atoms with Crippen LogP contribution in [0.15, 0.2) is 41.5 Å². The number of rotatable bonds is 7. The first-order valence-electron chi connectivity index (χ1n) is 7.08. The molecule has 0 amide bonds. The molecule has 0 aliphatic carbocycles. The summed E-state index contributed by atoms with van der Waals surface area (Å²) >= 11 is 0. The number of carboxylic acid groups (broad SMARTS) is 1. The van der Waals surface area contributed by atoms with Gasteiger partial charge >= 0.3 is 5.97 Å². The number of allylic oxidation sites excluding steroid dienone is 3. The molecule has 0 saturated carbocycles. The summed E-state index contributed by atoms with van der Waals surface area (Å²) in [7, 11) is 0. The van der Waals surface area contributed by atoms with Crippen molar-refractivity contribution < 1.29 is 9.90 Å². The maximum absolute atomic E-state index is 10.6. The molecule has 108 valence electrons. The Morgan fingerprint density at radius 3 is 2.60 bits per heavy atom. The third-order valence-electron chi connectivity index (χ3n) is 3.08. The van der Waals surface area contributed by atoms with Crippen LogP contribution in [-0.2, 0) is 11.2 Å². The Balaban J connectivity index is 2.64. The van der Waals surface area contributed by atoms with Gasteiger partial charge in [-0.2, -0.15) is 0 Å². The fourth-order valence-corrected chi connectivity index (χ4v) is 2.03. The van der Waals surface area contributed by atoms with Crippen LogP contribution in [0.3, 0.4) is 0 Å². The number of carbonyl (C=O) groups is 1. The van der Waals surface area contributed by atoms with Crippen molar-refractivity contribution >= 4 is 12.0 Å². The molecular formula is C18H24O2. The SMILES string of the molecule is CC(C)=CCCC(C)=Cc1cccc(CCC(=O)O)c1. The van der Waals surface area contributed by atoms with Crippen molar-refractivity contribution in [3.63, 3.8) is 0 Å². The van der Waals surface area contributed by atoms with Gasteiger partial charge in [-0.25, -0.2) is 0 Å². The van der Waals surface area contributed by atoms with Crippen LogP contribution in [0.4, 0.5) is 0 Å². The molecule has 2 nitrogen and oxygen atoms in total. The lowest BCUT2D eigenvalue weighted by Gasteiger charge is -2.03. The Labute approximate surface area is 121 Å². The number of benzene rings is 1. The van der Waals surface area contributed by atoms with E-state index in [0.29, 0.717) is 6.42 Å². The lowest BCUT2D eigenvalue weighted by molar-refractivity contribution is -0.136. The second-order valence-electron chi connectivity index (χ2n) is 5.45. The van der Waals surface area contributed by atoms with Crippen molar-refractivity contribution in [2.45, 2.75) is 46.5 Å². The Bertz CT molecular complexity index is 506. The standard InChI is InChI=1S/C18H24O2/c1-14(2)6-4-7-15(3)12-17-9-5-8-16(13-17)10-11-18(19)20/h5-6,8-9,12-13H,4,7,10-11H2,1-3H3,(H,19,20). The monoisotopic (exact) mass is 272 g/mol. The van der Waals surface area contributed by atoms with Crippen LogP contribution in [0, 0.1) is 0 Å². The predicted molar refractivity (Wildman–Crippen MR) is 84.7 cm³/mol. The van der Waals surface area contributed by atoms with Crippen LogP contribution < -0.4 is 0 Å². The van der Waals surface area contributed by atoms with Crippen LogP contribution >= 0.6 is 0 Å². The summed E-state index contributed by atoms with van der Waals surface area (Å²) in [4.78, 5) is 10.6. The Morgan fingerprint density at radius 2 is 1.95 bits per heavy atom. The van der Waals surface area contributed by atoms with Gasteiger partial charge in [-0.15, -0.1) is 0 Å². The highest BCUT2D eigenvalue weighted by Crippen LogP contribution is 2.14. The second-order valence-corrected chi connectivity index (χ2v) is 5.45. The molecule has 0 aliphatic rings. The molecule has 0 fully saturated rings. The summed E-state index contributed by atoms with van der Waals surface area (Å²) in [6, 6.07) is 8.12. The van der Waals surface area contributed by atoms with Gasteiger partial charge in [-0.1, -0.05) is 47.6 Å². The van der Waals surface area contributed by atoms with Crippen molar-refractivity contribution in [3.05, 3.63) is 52.6 Å². The first kappa shape index (κ1) is 16.2. The third kappa shape index (κ3) is 6.93. The van der Waals surface area contributed by atoms with Gasteiger partial charge in [-0.05, 0) is 51.2 Å². The van der Waals surface area contributed by atoms with Gasteiger partial charge in [0, 0.05) is 6.42 Å². The quantitative estimate of drug-likeness (QED) is 0.720. The minimum atomic E-state index is -0.746. The highest BCUT2D eigenvalue weighted by molar-refractivity contribution is 5.67. The molecule has 0 atom stereocenters. The van der Waals surface area contributed by atoms with E-state index in [2.05, 4.69) is 45.1 Å². The molecular weight excluding hydrogens is 248 g/mol. The molecule has 1 aromatic carbocycles. The fourth-order valence-electron chi connectivity index (χ4n) is 2.03. The first-order chi connectivity index (χ1) is 9.47. The van der Waals surface area contributed by atoms with Crippen LogP contribution in [-0.4, -0.2) is 11.1 Å². The minimum Gasteiger partial charge on any atom is -0.481 e. The normalized spacial score (nSPS) is 11.2. The Morgan fingerprint density at radius 1 is 1.20 bits per heavy atom. The maximum atomic E-state index is 10.6. The molecule has 0 saturated heterocycles. The van der Waals surface area contributed by atoms with Gasteiger partial charge in [0.05, 0.1) is 0 Å². The van der Waals surface area contributed by atoms with E-state index in [1.807, 2.05) is 12.1 Å². The van der Waals surface area contributed by atoms with E-state index in [1.165, 1.54) is 11.1 Å². The second kappa shape index (κ2) is 8.36. The zero-order valence-electron chi connectivity index (χ0n) is 12.6. The molecule has 0 aliphatic heterocycles. The summed E-state index contributed by atoms with van der Waals surface area (Å²) in [5, 5.41) is 8.71. The van der Waals surface area contributed by atoms with E-state index in [0.717, 1.165) is 24.0 Å². The van der Waals surface area contributed by atoms with Gasteiger partial charge in [0.15, 0.2) is 0 Å². The highest BCUT2D eigenvalue weighted by Gasteiger charge is 2.00. The topological polar surface area (TPSA) is 37.3 Å². The lowest BCUT2D eigenvalue weighted by atomic mass is 10.0. The molecule has 0 spiro atoms. The number of hydrogen-bond donors (Lipinski definition) is 1. The summed E-state index contributed by atoms with van der Waals surface area (Å²) in [5.41, 5.74) is 4.94. The third-order valence-corrected chi connectivity index (χ3v) is 3.08. The molecule has 0 bridgehead atoms. The number of aliphatic carboxylic acids is 1.